The van der Waals surface area contributed by atoms with Gasteiger partial charge in [-0.1, -0.05) is 38.1 Å². The molecule has 0 unspecified atom stereocenters. The maximum absolute atomic E-state index is 13.5. The highest BCUT2D eigenvalue weighted by Crippen LogP contribution is 2.41. The molecule has 6 heterocycles. The van der Waals surface area contributed by atoms with E-state index < -0.39 is 59.9 Å². The van der Waals surface area contributed by atoms with E-state index >= 15 is 0 Å². The molecule has 17 heteroatoms. The van der Waals surface area contributed by atoms with Crippen LogP contribution in [-0.2, 0) is 20.6 Å². The topological polar surface area (TPSA) is 214 Å². The number of aliphatic imine (C=N–C) groups is 2. The minimum absolute atomic E-state index is 0.0419. The normalized spacial score (nSPS) is 18.2. The maximum atomic E-state index is 13.5. The van der Waals surface area contributed by atoms with Gasteiger partial charge in [-0.15, -0.1) is 0 Å². The third-order valence-electron chi connectivity index (χ3n) is 12.5. The van der Waals surface area contributed by atoms with Gasteiger partial charge in [-0.2, -0.15) is 13.2 Å². The Kier molecular flexibility index (Phi) is 12.6. The molecule has 0 spiro atoms. The molecule has 6 bridgehead atoms. The van der Waals surface area contributed by atoms with E-state index in [0.29, 0.717) is 82.1 Å². The number of benzene rings is 1. The summed E-state index contributed by atoms with van der Waals surface area (Å²) in [6.45, 7) is 9.74. The first-order chi connectivity index (χ1) is 30.3. The van der Waals surface area contributed by atoms with Crippen LogP contribution in [0.25, 0.3) is 36.0 Å². The Morgan fingerprint density at radius 1 is 0.938 bits per heavy atom. The van der Waals surface area contributed by atoms with Crippen LogP contribution in [-0.4, -0.2) is 72.5 Å². The molecule has 0 fully saturated rings. The number of aromatic carboxylic acids is 1. The first kappa shape index (κ1) is 45.3. The summed E-state index contributed by atoms with van der Waals surface area (Å²) in [5.41, 5.74) is 15.4. The van der Waals surface area contributed by atoms with Crippen LogP contribution in [0.5, 0.6) is 0 Å². The predicted molar refractivity (Wildman–Crippen MR) is 238 cm³/mol. The third kappa shape index (κ3) is 8.51. The molecule has 0 radical (unpaired) electrons. The second-order valence-corrected chi connectivity index (χ2v) is 16.5. The van der Waals surface area contributed by atoms with Crippen LogP contribution in [0, 0.1) is 25.7 Å². The van der Waals surface area contributed by atoms with Crippen molar-refractivity contribution in [3.8, 4) is 0 Å². The number of carbonyl (C=O) groups excluding carboxylic acids is 1. The number of halogens is 3. The van der Waals surface area contributed by atoms with E-state index in [1.165, 1.54) is 12.1 Å². The summed E-state index contributed by atoms with van der Waals surface area (Å²) in [6, 6.07) is 3.65. The molecule has 3 aromatic rings. The summed E-state index contributed by atoms with van der Waals surface area (Å²) < 4.78 is 43.7. The molecule has 4 aliphatic heterocycles. The Labute approximate surface area is 366 Å². The molecule has 0 saturated heterocycles. The number of hydrogen-bond donors (Lipinski definition) is 6. The van der Waals surface area contributed by atoms with E-state index in [1.54, 1.807) is 34.5 Å². The number of fused-ring (bicyclic) bond motifs is 2. The maximum Gasteiger partial charge on any atom is 0.416 e. The summed E-state index contributed by atoms with van der Waals surface area (Å²) in [6.07, 6.45) is 5.74. The number of nitrogens with zero attached hydrogens (tertiary/aromatic N) is 4. The second-order valence-electron chi connectivity index (χ2n) is 16.5. The fraction of sp³-hybridized carbons (Fsp3) is 0.362. The van der Waals surface area contributed by atoms with Gasteiger partial charge < -0.3 is 26.4 Å². The number of rotatable bonds is 15. The van der Waals surface area contributed by atoms with Gasteiger partial charge in [0.15, 0.2) is 0 Å². The number of carbonyl (C=O) groups is 4. The molecule has 3 atom stereocenters. The smallest absolute Gasteiger partial charge is 0.416 e. The quantitative estimate of drug-likeness (QED) is 0.0947. The van der Waals surface area contributed by atoms with Crippen molar-refractivity contribution in [1.82, 2.24) is 14.7 Å². The van der Waals surface area contributed by atoms with E-state index in [2.05, 4.69) is 10.9 Å². The first-order valence-corrected chi connectivity index (χ1v) is 21.2. The number of nitrogens with two attached hydrogens (primary N) is 1. The summed E-state index contributed by atoms with van der Waals surface area (Å²) in [7, 11) is 0. The van der Waals surface area contributed by atoms with Crippen molar-refractivity contribution in [1.29, 1.82) is 0 Å². The molecule has 336 valence electrons. The molecule has 7 N–H and O–H groups in total. The Morgan fingerprint density at radius 3 is 2.28 bits per heavy atom. The van der Waals surface area contributed by atoms with Gasteiger partial charge in [0.05, 0.1) is 56.8 Å². The van der Waals surface area contributed by atoms with Crippen molar-refractivity contribution in [2.45, 2.75) is 91.8 Å². The Morgan fingerprint density at radius 2 is 1.66 bits per heavy atom. The van der Waals surface area contributed by atoms with Gasteiger partial charge in [-0.3, -0.25) is 14.6 Å². The van der Waals surface area contributed by atoms with E-state index in [-0.39, 0.29) is 35.7 Å². The molecule has 2 aromatic heterocycles. The van der Waals surface area contributed by atoms with Crippen molar-refractivity contribution < 1.29 is 47.7 Å². The molecule has 1 amide bonds. The molecular weight excluding hydrogens is 832 g/mol. The third-order valence-corrected chi connectivity index (χ3v) is 12.5. The fourth-order valence-electron chi connectivity index (χ4n) is 9.07. The molecule has 4 aliphatic rings. The highest BCUT2D eigenvalue weighted by atomic mass is 19.4. The molecule has 0 saturated carbocycles. The lowest BCUT2D eigenvalue weighted by atomic mass is 9.82. The minimum atomic E-state index is -4.51. The molecule has 14 nitrogen and oxygen atoms in total. The zero-order valence-corrected chi connectivity index (χ0v) is 36.1. The van der Waals surface area contributed by atoms with Crippen molar-refractivity contribution >= 4 is 71.2 Å². The number of aliphatic carboxylic acids is 2. The van der Waals surface area contributed by atoms with Crippen LogP contribution >= 0.6 is 0 Å². The van der Waals surface area contributed by atoms with Crippen molar-refractivity contribution in [2.75, 3.05) is 12.1 Å². The van der Waals surface area contributed by atoms with Gasteiger partial charge in [0.1, 0.15) is 6.04 Å². The zero-order valence-electron chi connectivity index (χ0n) is 36.1. The standard InChI is InChI=1S/C47H50F3N7O7/c1-6-29-23(2)34-21-39-30(15-12-27-10-13-28(14-11-27)47(48,49)50)25(4)37-20-35-24(3)31(16-17-40(58)53-33(45(61)62)9-7-8-18-51)43(54-35)32(19-41(59)60)44-42(46(63)64)26(5)38(22-36(29)52-34)57(44)55-56(37)39/h10-15,20-22,24,31,33,55H,6-9,16-19,51H2,1-5H3,(H,53,58)(H,59,60)(H,61,62)(H,63,64)/b15-12+,34-21?,35-20?,36-22?,37-20?,38-22?,39-21?,43-32?,44-32?/t24-,31-,33-/m0/s1. The largest absolute Gasteiger partial charge is 0.481 e. The van der Waals surface area contributed by atoms with Gasteiger partial charge in [0.2, 0.25) is 5.91 Å². The van der Waals surface area contributed by atoms with Crippen LogP contribution in [0.1, 0.15) is 115 Å². The van der Waals surface area contributed by atoms with E-state index in [0.717, 1.165) is 28.8 Å². The van der Waals surface area contributed by atoms with Gasteiger partial charge in [0, 0.05) is 35.1 Å². The molecular formula is C47H50F3N7O7. The highest BCUT2D eigenvalue weighted by Gasteiger charge is 2.39. The highest BCUT2D eigenvalue weighted by molar-refractivity contribution is 6.25. The summed E-state index contributed by atoms with van der Waals surface area (Å²) >= 11 is 0. The van der Waals surface area contributed by atoms with Gasteiger partial charge in [0.25, 0.3) is 0 Å². The molecule has 64 heavy (non-hydrogen) atoms. The number of allylic oxidation sites excluding steroid dienone is 3. The number of carboxylic acid groups (broad SMARTS) is 3. The average molecular weight is 882 g/mol. The van der Waals surface area contributed by atoms with Gasteiger partial charge >= 0.3 is 24.1 Å². The molecule has 0 aliphatic carbocycles. The Bertz CT molecular complexity index is 2800. The van der Waals surface area contributed by atoms with Crippen LogP contribution < -0.4 is 27.3 Å². The Balaban J connectivity index is 1.49. The molecule has 1 aromatic carbocycles. The predicted octanol–water partition coefficient (Wildman–Crippen LogP) is 6.28. The fourth-order valence-corrected chi connectivity index (χ4v) is 9.07. The van der Waals surface area contributed by atoms with Crippen molar-refractivity contribution in [3.63, 3.8) is 0 Å². The number of carboxylic acids is 3. The number of amides is 1. The van der Waals surface area contributed by atoms with Crippen LogP contribution in [0.2, 0.25) is 0 Å². The van der Waals surface area contributed by atoms with Gasteiger partial charge in [-0.05, 0) is 118 Å². The number of unbranched alkanes of at least 4 members (excludes halogenated alkanes) is 1. The second kappa shape index (κ2) is 17.8. The van der Waals surface area contributed by atoms with Crippen LogP contribution in [0.4, 0.5) is 13.2 Å². The van der Waals surface area contributed by atoms with Gasteiger partial charge in [-0.25, -0.2) is 29.5 Å². The van der Waals surface area contributed by atoms with Crippen LogP contribution in [0.15, 0.2) is 56.8 Å². The van der Waals surface area contributed by atoms with E-state index in [9.17, 15) is 47.7 Å². The first-order valence-electron chi connectivity index (χ1n) is 21.2. The SMILES string of the molecule is CCC1=C(C)C2=Cc3c(/C=C/c4ccc(C(F)(F)F)cc4)c(C)c4n3Nn3c(c(C)c(C(=O)O)c3=C(CC(=O)O)C3=NC(=C4)[C@@H](C)[C@@H]3CCC(=O)N[C@@H](CCCCN)C(=O)O)=CC1=N2. The zero-order chi connectivity index (χ0) is 46.4. The number of nitrogens with one attached hydrogen (secondary N) is 2. The number of aromatic nitrogens is 2. The Hall–Kier alpha value is -6.75. The lowest BCUT2D eigenvalue weighted by Crippen LogP contribution is -2.43. The molecule has 7 rings (SSSR count). The lowest BCUT2D eigenvalue weighted by molar-refractivity contribution is -0.142. The summed E-state index contributed by atoms with van der Waals surface area (Å²) in [5.74, 6) is -5.32. The van der Waals surface area contributed by atoms with E-state index in [4.69, 9.17) is 15.7 Å². The average Bonchev–Trinajstić information content (AvgIpc) is 3.88. The lowest BCUT2D eigenvalue weighted by Gasteiger charge is -2.21. The van der Waals surface area contributed by atoms with Crippen LogP contribution in [0.3, 0.4) is 0 Å². The summed E-state index contributed by atoms with van der Waals surface area (Å²) in [5, 5.41) is 34.4. The monoisotopic (exact) mass is 881 g/mol. The number of hydrogen-bond acceptors (Lipinski definition) is 8. The number of alkyl halides is 3. The van der Waals surface area contributed by atoms with E-state index in [1.807, 2.05) is 39.8 Å². The summed E-state index contributed by atoms with van der Waals surface area (Å²) in [4.78, 5) is 62.0. The van der Waals surface area contributed by atoms with Crippen molar-refractivity contribution in [3.05, 3.63) is 102 Å². The van der Waals surface area contributed by atoms with Crippen molar-refractivity contribution in [2.24, 2.45) is 27.6 Å². The minimum Gasteiger partial charge on any atom is -0.481 e.